The molecule has 0 saturated heterocycles. The van der Waals surface area contributed by atoms with Crippen molar-refractivity contribution in [3.05, 3.63) is 63.7 Å². The van der Waals surface area contributed by atoms with E-state index in [0.29, 0.717) is 11.1 Å². The summed E-state index contributed by atoms with van der Waals surface area (Å²) in [5, 5.41) is 5.63. The quantitative estimate of drug-likeness (QED) is 0.694. The topological polar surface area (TPSA) is 47.8 Å². The van der Waals surface area contributed by atoms with Gasteiger partial charge in [0, 0.05) is 22.3 Å². The van der Waals surface area contributed by atoms with Gasteiger partial charge in [-0.15, -0.1) is 0 Å². The maximum absolute atomic E-state index is 12.3. The third-order valence-corrected chi connectivity index (χ3v) is 3.15. The Morgan fingerprint density at radius 2 is 1.89 bits per heavy atom. The molecule has 2 heterocycles. The number of nitrogens with zero attached hydrogens (tertiary/aromatic N) is 3. The highest BCUT2D eigenvalue weighted by Gasteiger charge is 2.05. The van der Waals surface area contributed by atoms with E-state index in [1.165, 1.54) is 4.68 Å². The second kappa shape index (κ2) is 4.34. The van der Waals surface area contributed by atoms with Crippen LogP contribution < -0.4 is 5.56 Å². The molecular weight excluding hydrogens is 294 g/mol. The zero-order valence-corrected chi connectivity index (χ0v) is 10.8. The molecule has 4 nitrogen and oxygen atoms in total. The summed E-state index contributed by atoms with van der Waals surface area (Å²) in [5.41, 5.74) is 0.567. The van der Waals surface area contributed by atoms with Crippen molar-refractivity contribution < 1.29 is 0 Å². The first-order valence-electron chi connectivity index (χ1n) is 5.34. The van der Waals surface area contributed by atoms with Crippen LogP contribution in [0.15, 0.2) is 58.2 Å². The van der Waals surface area contributed by atoms with Crippen molar-refractivity contribution in [2.45, 2.75) is 0 Å². The molecule has 0 bridgehead atoms. The van der Waals surface area contributed by atoms with E-state index in [1.54, 1.807) is 36.8 Å². The number of hydrogen-bond acceptors (Lipinski definition) is 3. The number of pyridine rings is 1. The van der Waals surface area contributed by atoms with E-state index in [2.05, 4.69) is 26.0 Å². The van der Waals surface area contributed by atoms with Gasteiger partial charge in [-0.1, -0.05) is 22.0 Å². The Bertz CT molecular complexity index is 768. The van der Waals surface area contributed by atoms with E-state index in [4.69, 9.17) is 0 Å². The van der Waals surface area contributed by atoms with Crippen LogP contribution in [-0.4, -0.2) is 14.8 Å². The van der Waals surface area contributed by atoms with Gasteiger partial charge in [0.1, 0.15) is 0 Å². The van der Waals surface area contributed by atoms with Crippen LogP contribution in [0.4, 0.5) is 0 Å². The fraction of sp³-hybridized carbons (Fsp3) is 0. The van der Waals surface area contributed by atoms with Crippen LogP contribution in [0.25, 0.3) is 16.5 Å². The third-order valence-electron chi connectivity index (χ3n) is 2.66. The number of rotatable bonds is 1. The van der Waals surface area contributed by atoms with Crippen LogP contribution >= 0.6 is 15.9 Å². The Kier molecular flexibility index (Phi) is 2.68. The number of aromatic nitrogens is 3. The van der Waals surface area contributed by atoms with Crippen LogP contribution in [0.2, 0.25) is 0 Å². The second-order valence-corrected chi connectivity index (χ2v) is 4.71. The summed E-state index contributed by atoms with van der Waals surface area (Å²) in [6, 6.07) is 9.05. The molecule has 0 spiro atoms. The summed E-state index contributed by atoms with van der Waals surface area (Å²) < 4.78 is 2.25. The van der Waals surface area contributed by atoms with Crippen LogP contribution in [0.1, 0.15) is 0 Å². The molecule has 0 saturated carbocycles. The van der Waals surface area contributed by atoms with Crippen LogP contribution in [0, 0.1) is 0 Å². The smallest absolute Gasteiger partial charge is 0.267 e. The van der Waals surface area contributed by atoms with Crippen molar-refractivity contribution in [3.8, 4) is 5.69 Å². The largest absolute Gasteiger partial charge is 0.279 e. The molecule has 0 fully saturated rings. The van der Waals surface area contributed by atoms with Gasteiger partial charge in [-0.05, 0) is 24.3 Å². The van der Waals surface area contributed by atoms with Gasteiger partial charge >= 0.3 is 0 Å². The molecule has 0 aliphatic carbocycles. The lowest BCUT2D eigenvalue weighted by Crippen LogP contribution is -2.20. The molecular formula is C13H8BrN3O. The zero-order valence-electron chi connectivity index (χ0n) is 9.25. The van der Waals surface area contributed by atoms with Gasteiger partial charge in [0.15, 0.2) is 0 Å². The lowest BCUT2D eigenvalue weighted by atomic mass is 10.2. The highest BCUT2D eigenvalue weighted by atomic mass is 79.9. The monoisotopic (exact) mass is 301 g/mol. The maximum Gasteiger partial charge on any atom is 0.279 e. The predicted octanol–water partition coefficient (Wildman–Crippen LogP) is 2.54. The minimum atomic E-state index is -0.139. The summed E-state index contributed by atoms with van der Waals surface area (Å²) in [7, 11) is 0. The number of benzene rings is 1. The van der Waals surface area contributed by atoms with Crippen LogP contribution in [0.3, 0.4) is 0 Å². The van der Waals surface area contributed by atoms with Gasteiger partial charge in [-0.2, -0.15) is 9.78 Å². The molecule has 0 radical (unpaired) electrons. The number of halogens is 1. The van der Waals surface area contributed by atoms with Crippen LogP contribution in [-0.2, 0) is 0 Å². The number of fused-ring (bicyclic) bond motifs is 1. The fourth-order valence-corrected chi connectivity index (χ4v) is 2.14. The molecule has 18 heavy (non-hydrogen) atoms. The van der Waals surface area contributed by atoms with Gasteiger partial charge in [0.2, 0.25) is 0 Å². The van der Waals surface area contributed by atoms with E-state index in [-0.39, 0.29) is 5.56 Å². The Morgan fingerprint density at radius 1 is 1.11 bits per heavy atom. The summed E-state index contributed by atoms with van der Waals surface area (Å²) in [4.78, 5) is 16.3. The third kappa shape index (κ3) is 1.82. The first kappa shape index (κ1) is 11.1. The molecule has 0 aliphatic rings. The van der Waals surface area contributed by atoms with Crippen molar-refractivity contribution in [2.24, 2.45) is 0 Å². The molecule has 3 rings (SSSR count). The standard InChI is InChI=1S/C13H8BrN3O/c14-10-2-1-9-8-16-17(13(18)12(9)7-10)11-3-5-15-6-4-11/h1-8H. The molecule has 5 heteroatoms. The predicted molar refractivity (Wildman–Crippen MR) is 72.8 cm³/mol. The van der Waals surface area contributed by atoms with E-state index in [1.807, 2.05) is 12.1 Å². The lowest BCUT2D eigenvalue weighted by molar-refractivity contribution is 0.819. The van der Waals surface area contributed by atoms with Gasteiger partial charge in [-0.3, -0.25) is 9.78 Å². The SMILES string of the molecule is O=c1c2cc(Br)ccc2cnn1-c1ccncc1. The average molecular weight is 302 g/mol. The highest BCUT2D eigenvalue weighted by Crippen LogP contribution is 2.16. The van der Waals surface area contributed by atoms with Gasteiger partial charge < -0.3 is 0 Å². The van der Waals surface area contributed by atoms with Crippen LogP contribution in [0.5, 0.6) is 0 Å². The first-order chi connectivity index (χ1) is 8.75. The molecule has 2 aromatic heterocycles. The van der Waals surface area contributed by atoms with E-state index < -0.39 is 0 Å². The molecule has 0 atom stereocenters. The first-order valence-corrected chi connectivity index (χ1v) is 6.13. The Morgan fingerprint density at radius 3 is 2.67 bits per heavy atom. The van der Waals surface area contributed by atoms with E-state index >= 15 is 0 Å². The molecule has 88 valence electrons. The van der Waals surface area contributed by atoms with Gasteiger partial charge in [0.05, 0.1) is 17.3 Å². The lowest BCUT2D eigenvalue weighted by Gasteiger charge is -2.05. The summed E-state index contributed by atoms with van der Waals surface area (Å²) in [6.07, 6.45) is 4.95. The zero-order chi connectivity index (χ0) is 12.5. The molecule has 0 unspecified atom stereocenters. The average Bonchev–Trinajstić information content (AvgIpc) is 2.41. The molecule has 0 amide bonds. The van der Waals surface area contributed by atoms with Crippen molar-refractivity contribution in [3.63, 3.8) is 0 Å². The summed E-state index contributed by atoms with van der Waals surface area (Å²) >= 11 is 3.37. The van der Waals surface area contributed by atoms with Crippen molar-refractivity contribution >= 4 is 26.7 Å². The minimum Gasteiger partial charge on any atom is -0.267 e. The molecule has 3 aromatic rings. The Balaban J connectivity index is 2.33. The highest BCUT2D eigenvalue weighted by molar-refractivity contribution is 9.10. The minimum absolute atomic E-state index is 0.139. The normalized spacial score (nSPS) is 10.7. The Labute approximate surface area is 111 Å². The summed E-state index contributed by atoms with van der Waals surface area (Å²) in [5.74, 6) is 0. The maximum atomic E-state index is 12.3. The van der Waals surface area contributed by atoms with Crippen molar-refractivity contribution in [1.29, 1.82) is 0 Å². The second-order valence-electron chi connectivity index (χ2n) is 3.80. The van der Waals surface area contributed by atoms with Gasteiger partial charge in [0.25, 0.3) is 5.56 Å². The van der Waals surface area contributed by atoms with Crippen molar-refractivity contribution in [1.82, 2.24) is 14.8 Å². The Hall–Kier alpha value is -2.01. The van der Waals surface area contributed by atoms with E-state index in [0.717, 1.165) is 9.86 Å². The molecule has 1 aromatic carbocycles. The van der Waals surface area contributed by atoms with Gasteiger partial charge in [-0.25, -0.2) is 0 Å². The van der Waals surface area contributed by atoms with Crippen molar-refractivity contribution in [2.75, 3.05) is 0 Å². The summed E-state index contributed by atoms with van der Waals surface area (Å²) in [6.45, 7) is 0. The fourth-order valence-electron chi connectivity index (χ4n) is 1.78. The van der Waals surface area contributed by atoms with E-state index in [9.17, 15) is 4.79 Å². The number of hydrogen-bond donors (Lipinski definition) is 0. The molecule has 0 aliphatic heterocycles. The molecule has 0 N–H and O–H groups in total.